The van der Waals surface area contributed by atoms with E-state index in [0.717, 1.165) is 16.7 Å². The van der Waals surface area contributed by atoms with Crippen molar-refractivity contribution in [2.45, 2.75) is 20.3 Å². The highest BCUT2D eigenvalue weighted by molar-refractivity contribution is 6.30. The van der Waals surface area contributed by atoms with Gasteiger partial charge >= 0.3 is 5.97 Å². The number of esters is 1. The molecule has 1 N–H and O–H groups in total. The zero-order valence-corrected chi connectivity index (χ0v) is 15.6. The lowest BCUT2D eigenvalue weighted by atomic mass is 10.1. The average Bonchev–Trinajstić information content (AvgIpc) is 2.61. The van der Waals surface area contributed by atoms with Gasteiger partial charge in [-0.2, -0.15) is 0 Å². The third-order valence-corrected chi connectivity index (χ3v) is 3.91. The van der Waals surface area contributed by atoms with E-state index in [2.05, 4.69) is 5.32 Å². The van der Waals surface area contributed by atoms with Crippen molar-refractivity contribution in [2.24, 2.45) is 0 Å². The number of halogens is 1. The monoisotopic (exact) mass is 375 g/mol. The molecule has 0 aromatic heterocycles. The number of ether oxygens (including phenoxy) is 2. The summed E-state index contributed by atoms with van der Waals surface area (Å²) in [5.74, 6) is -0.309. The average molecular weight is 376 g/mol. The van der Waals surface area contributed by atoms with E-state index in [1.54, 1.807) is 6.07 Å². The third-order valence-electron chi connectivity index (χ3n) is 3.68. The lowest BCUT2D eigenvalue weighted by Crippen LogP contribution is -2.31. The highest BCUT2D eigenvalue weighted by Crippen LogP contribution is 2.18. The van der Waals surface area contributed by atoms with Gasteiger partial charge in [-0.25, -0.2) is 4.79 Å². The van der Waals surface area contributed by atoms with Crippen LogP contribution < -0.4 is 10.1 Å². The van der Waals surface area contributed by atoms with Gasteiger partial charge in [0, 0.05) is 11.6 Å². The second kappa shape index (κ2) is 9.82. The molecule has 0 aliphatic carbocycles. The fraction of sp³-hybridized carbons (Fsp3) is 0.300. The number of rotatable bonds is 8. The number of hydrogen-bond donors (Lipinski definition) is 1. The van der Waals surface area contributed by atoms with Crippen LogP contribution in [0.1, 0.15) is 16.7 Å². The minimum atomic E-state index is -0.587. The normalized spacial score (nSPS) is 10.3. The van der Waals surface area contributed by atoms with E-state index < -0.39 is 5.97 Å². The summed E-state index contributed by atoms with van der Waals surface area (Å²) in [5, 5.41) is 3.36. The Kier molecular flexibility index (Phi) is 7.48. The first kappa shape index (κ1) is 19.8. The van der Waals surface area contributed by atoms with Crippen LogP contribution in [0.25, 0.3) is 0 Å². The van der Waals surface area contributed by atoms with Crippen LogP contribution in [-0.4, -0.2) is 31.6 Å². The van der Waals surface area contributed by atoms with Gasteiger partial charge in [0.2, 0.25) is 0 Å². The summed E-state index contributed by atoms with van der Waals surface area (Å²) in [4.78, 5) is 23.4. The Bertz CT molecular complexity index is 776. The Hall–Kier alpha value is -2.53. The Morgan fingerprint density at radius 1 is 1.08 bits per heavy atom. The van der Waals surface area contributed by atoms with Crippen LogP contribution in [0.15, 0.2) is 42.5 Å². The molecule has 138 valence electrons. The van der Waals surface area contributed by atoms with Gasteiger partial charge in [0.15, 0.2) is 13.2 Å². The van der Waals surface area contributed by atoms with E-state index in [1.807, 2.05) is 50.2 Å². The summed E-state index contributed by atoms with van der Waals surface area (Å²) < 4.78 is 10.4. The summed E-state index contributed by atoms with van der Waals surface area (Å²) in [5.41, 5.74) is 3.00. The van der Waals surface area contributed by atoms with E-state index in [1.165, 1.54) is 0 Å². The van der Waals surface area contributed by atoms with Gasteiger partial charge in [0.05, 0.1) is 0 Å². The maximum Gasteiger partial charge on any atom is 0.344 e. The molecular weight excluding hydrogens is 354 g/mol. The summed E-state index contributed by atoms with van der Waals surface area (Å²) in [6, 6.07) is 13.2. The van der Waals surface area contributed by atoms with E-state index in [9.17, 15) is 9.59 Å². The predicted octanol–water partition coefficient (Wildman–Crippen LogP) is 3.24. The highest BCUT2D eigenvalue weighted by Gasteiger charge is 2.09. The van der Waals surface area contributed by atoms with E-state index >= 15 is 0 Å². The lowest BCUT2D eigenvalue weighted by molar-refractivity contribution is -0.150. The first-order valence-corrected chi connectivity index (χ1v) is 8.68. The Morgan fingerprint density at radius 2 is 1.88 bits per heavy atom. The number of benzene rings is 2. The molecule has 0 spiro atoms. The molecule has 0 fully saturated rings. The second-order valence-corrected chi connectivity index (χ2v) is 6.38. The first-order chi connectivity index (χ1) is 12.4. The number of aryl methyl sites for hydroxylation is 2. The van der Waals surface area contributed by atoms with Crippen LogP contribution >= 0.6 is 11.6 Å². The van der Waals surface area contributed by atoms with Gasteiger partial charge in [-0.05, 0) is 55.2 Å². The molecule has 26 heavy (non-hydrogen) atoms. The lowest BCUT2D eigenvalue weighted by Gasteiger charge is -2.10. The molecule has 0 unspecified atom stereocenters. The quantitative estimate of drug-likeness (QED) is 0.719. The number of carbonyl (C=O) groups is 2. The topological polar surface area (TPSA) is 64.6 Å². The van der Waals surface area contributed by atoms with E-state index in [0.29, 0.717) is 23.7 Å². The number of amides is 1. The van der Waals surface area contributed by atoms with Crippen LogP contribution in [0.2, 0.25) is 5.02 Å². The fourth-order valence-corrected chi connectivity index (χ4v) is 2.49. The Balaban J connectivity index is 1.65. The molecule has 0 bridgehead atoms. The van der Waals surface area contributed by atoms with Gasteiger partial charge in [-0.15, -0.1) is 0 Å². The molecule has 6 heteroatoms. The van der Waals surface area contributed by atoms with Crippen molar-refractivity contribution >= 4 is 23.5 Å². The largest absolute Gasteiger partial charge is 0.482 e. The van der Waals surface area contributed by atoms with Gasteiger partial charge < -0.3 is 14.8 Å². The van der Waals surface area contributed by atoms with Crippen molar-refractivity contribution in [1.29, 1.82) is 0 Å². The zero-order chi connectivity index (χ0) is 18.9. The molecule has 0 radical (unpaired) electrons. The second-order valence-electron chi connectivity index (χ2n) is 5.95. The predicted molar refractivity (Wildman–Crippen MR) is 101 cm³/mol. The standard InChI is InChI=1S/C20H22ClNO4/c1-14-6-7-15(2)18(10-14)25-13-20(24)26-12-19(23)22-9-8-16-4-3-5-17(21)11-16/h3-7,10-11H,8-9,12-13H2,1-2H3,(H,22,23). The molecule has 2 aromatic carbocycles. The maximum absolute atomic E-state index is 11.7. The van der Waals surface area contributed by atoms with Gasteiger partial charge in [-0.1, -0.05) is 35.9 Å². The maximum atomic E-state index is 11.7. The number of carbonyl (C=O) groups excluding carboxylic acids is 2. The van der Waals surface area contributed by atoms with Crippen molar-refractivity contribution in [3.05, 3.63) is 64.2 Å². The molecule has 2 rings (SSSR count). The molecule has 2 aromatic rings. The van der Waals surface area contributed by atoms with Crippen LogP contribution in [-0.2, 0) is 20.7 Å². The molecule has 0 heterocycles. The summed E-state index contributed by atoms with van der Waals surface area (Å²) in [6.45, 7) is 3.71. The van der Waals surface area contributed by atoms with Gasteiger partial charge in [-0.3, -0.25) is 4.79 Å². The highest BCUT2D eigenvalue weighted by atomic mass is 35.5. The Labute approximate surface area is 158 Å². The third kappa shape index (κ3) is 6.76. The number of nitrogens with one attached hydrogen (secondary N) is 1. The van der Waals surface area contributed by atoms with Crippen molar-refractivity contribution in [3.63, 3.8) is 0 Å². The molecule has 0 aliphatic rings. The first-order valence-electron chi connectivity index (χ1n) is 8.31. The minimum Gasteiger partial charge on any atom is -0.482 e. The van der Waals surface area contributed by atoms with Crippen molar-refractivity contribution in [2.75, 3.05) is 19.8 Å². The summed E-state index contributed by atoms with van der Waals surface area (Å²) >= 11 is 5.91. The molecule has 0 atom stereocenters. The molecule has 0 saturated carbocycles. The van der Waals surface area contributed by atoms with Crippen molar-refractivity contribution in [1.82, 2.24) is 5.32 Å². The van der Waals surface area contributed by atoms with Crippen LogP contribution in [0.4, 0.5) is 0 Å². The van der Waals surface area contributed by atoms with Crippen LogP contribution in [0, 0.1) is 13.8 Å². The molecular formula is C20H22ClNO4. The minimum absolute atomic E-state index is 0.236. The SMILES string of the molecule is Cc1ccc(C)c(OCC(=O)OCC(=O)NCCc2cccc(Cl)c2)c1. The molecule has 1 amide bonds. The van der Waals surface area contributed by atoms with Crippen LogP contribution in [0.5, 0.6) is 5.75 Å². The summed E-state index contributed by atoms with van der Waals surface area (Å²) in [6.07, 6.45) is 0.649. The van der Waals surface area contributed by atoms with Crippen molar-refractivity contribution in [3.8, 4) is 5.75 Å². The van der Waals surface area contributed by atoms with Crippen LogP contribution in [0.3, 0.4) is 0 Å². The number of hydrogen-bond acceptors (Lipinski definition) is 4. The van der Waals surface area contributed by atoms with Gasteiger partial charge in [0.25, 0.3) is 5.91 Å². The zero-order valence-electron chi connectivity index (χ0n) is 14.9. The van der Waals surface area contributed by atoms with Crippen molar-refractivity contribution < 1.29 is 19.1 Å². The van der Waals surface area contributed by atoms with E-state index in [-0.39, 0.29) is 19.1 Å². The Morgan fingerprint density at radius 3 is 2.65 bits per heavy atom. The fourth-order valence-electron chi connectivity index (χ4n) is 2.28. The van der Waals surface area contributed by atoms with E-state index in [4.69, 9.17) is 21.1 Å². The molecule has 0 saturated heterocycles. The summed E-state index contributed by atoms with van der Waals surface area (Å²) in [7, 11) is 0. The molecule has 5 nitrogen and oxygen atoms in total. The smallest absolute Gasteiger partial charge is 0.344 e. The molecule has 0 aliphatic heterocycles. The van der Waals surface area contributed by atoms with Gasteiger partial charge in [0.1, 0.15) is 5.75 Å².